The molecule has 10 heteroatoms. The van der Waals surface area contributed by atoms with Gasteiger partial charge in [-0.15, -0.1) is 0 Å². The lowest BCUT2D eigenvalue weighted by Gasteiger charge is -2.26. The second-order valence-electron chi connectivity index (χ2n) is 6.21. The molecule has 0 bridgehead atoms. The summed E-state index contributed by atoms with van der Waals surface area (Å²) in [6, 6.07) is 9.76. The molecule has 1 fully saturated rings. The highest BCUT2D eigenvalue weighted by atomic mass is 35.5. The van der Waals surface area contributed by atoms with Crippen LogP contribution >= 0.6 is 11.6 Å². The van der Waals surface area contributed by atoms with Crippen LogP contribution in [0, 0.1) is 0 Å². The summed E-state index contributed by atoms with van der Waals surface area (Å²) in [6.45, 7) is -0.313. The number of nitrogens with one attached hydrogen (secondary N) is 1. The summed E-state index contributed by atoms with van der Waals surface area (Å²) in [5.74, 6) is -1.64. The zero-order valence-electron chi connectivity index (χ0n) is 16.5. The summed E-state index contributed by atoms with van der Waals surface area (Å²) < 4.78 is 15.1. The molecular formula is C21H17ClN2O7. The number of nitrogens with zero attached hydrogens (tertiary/aromatic N) is 1. The normalized spacial score (nSPS) is 15.0. The van der Waals surface area contributed by atoms with Crippen molar-refractivity contribution in [3.8, 4) is 11.5 Å². The number of benzene rings is 2. The van der Waals surface area contributed by atoms with Crippen LogP contribution in [0.1, 0.15) is 5.56 Å². The topological polar surface area (TPSA) is 111 Å². The van der Waals surface area contributed by atoms with Crippen LogP contribution in [-0.2, 0) is 19.1 Å². The summed E-state index contributed by atoms with van der Waals surface area (Å²) in [5.41, 5.74) is 0.445. The summed E-state index contributed by atoms with van der Waals surface area (Å²) in [4.78, 5) is 49.5. The van der Waals surface area contributed by atoms with Crippen LogP contribution in [0.3, 0.4) is 0 Å². The van der Waals surface area contributed by atoms with E-state index in [2.05, 4.69) is 10.1 Å². The van der Waals surface area contributed by atoms with E-state index in [-0.39, 0.29) is 29.4 Å². The van der Waals surface area contributed by atoms with Crippen LogP contribution in [0.25, 0.3) is 6.08 Å². The molecule has 4 amide bonds. The zero-order valence-corrected chi connectivity index (χ0v) is 17.3. The number of rotatable bonds is 6. The number of carbonyl (C=O) groups excluding carboxylic acids is 4. The van der Waals surface area contributed by atoms with Crippen molar-refractivity contribution in [2.45, 2.75) is 0 Å². The van der Waals surface area contributed by atoms with E-state index in [4.69, 9.17) is 21.1 Å². The number of methoxy groups -OCH3 is 2. The first-order valence-corrected chi connectivity index (χ1v) is 9.26. The van der Waals surface area contributed by atoms with Crippen LogP contribution < -0.4 is 19.7 Å². The average Bonchev–Trinajstić information content (AvgIpc) is 2.76. The standard InChI is InChI=1S/C21H17ClN2O7/c1-29-17-10-12(3-8-16(17)31-11-18(25)30-2)9-15-19(26)23-21(28)24(20(15)27)14-6-4-13(22)5-7-14/h3-10H,11H2,1-2H3,(H,23,26,28). The molecule has 0 radical (unpaired) electrons. The van der Waals surface area contributed by atoms with E-state index in [9.17, 15) is 19.2 Å². The Labute approximate surface area is 182 Å². The Morgan fingerprint density at radius 3 is 2.42 bits per heavy atom. The Morgan fingerprint density at radius 1 is 1.06 bits per heavy atom. The van der Waals surface area contributed by atoms with Crippen molar-refractivity contribution in [2.24, 2.45) is 0 Å². The van der Waals surface area contributed by atoms with Crippen LogP contribution in [0.4, 0.5) is 10.5 Å². The predicted molar refractivity (Wildman–Crippen MR) is 111 cm³/mol. The number of amides is 4. The fourth-order valence-corrected chi connectivity index (χ4v) is 2.86. The molecule has 160 valence electrons. The first-order valence-electron chi connectivity index (χ1n) is 8.88. The highest BCUT2D eigenvalue weighted by Crippen LogP contribution is 2.30. The fraction of sp³-hybridized carbons (Fsp3) is 0.143. The van der Waals surface area contributed by atoms with Crippen molar-refractivity contribution in [3.05, 3.63) is 58.6 Å². The Morgan fingerprint density at radius 2 is 1.77 bits per heavy atom. The van der Waals surface area contributed by atoms with Crippen molar-refractivity contribution in [2.75, 3.05) is 25.7 Å². The molecule has 0 aliphatic carbocycles. The van der Waals surface area contributed by atoms with Crippen LogP contribution in [-0.4, -0.2) is 44.6 Å². The highest BCUT2D eigenvalue weighted by molar-refractivity contribution is 6.39. The molecule has 1 aliphatic heterocycles. The number of anilines is 1. The molecule has 3 rings (SSSR count). The minimum Gasteiger partial charge on any atom is -0.493 e. The molecule has 1 saturated heterocycles. The molecule has 2 aromatic carbocycles. The Bertz CT molecular complexity index is 1080. The van der Waals surface area contributed by atoms with Crippen LogP contribution in [0.15, 0.2) is 48.0 Å². The molecule has 2 aromatic rings. The van der Waals surface area contributed by atoms with Gasteiger partial charge < -0.3 is 14.2 Å². The van der Waals surface area contributed by atoms with Crippen molar-refractivity contribution < 1.29 is 33.4 Å². The second kappa shape index (κ2) is 9.31. The summed E-state index contributed by atoms with van der Waals surface area (Å²) in [5, 5.41) is 2.57. The number of urea groups is 1. The monoisotopic (exact) mass is 444 g/mol. The van der Waals surface area contributed by atoms with Gasteiger partial charge in [0.05, 0.1) is 19.9 Å². The van der Waals surface area contributed by atoms with Crippen LogP contribution in [0.2, 0.25) is 5.02 Å². The summed E-state index contributed by atoms with van der Waals surface area (Å²) >= 11 is 5.85. The maximum atomic E-state index is 12.9. The van der Waals surface area contributed by atoms with E-state index in [1.165, 1.54) is 56.7 Å². The number of halogens is 1. The van der Waals surface area contributed by atoms with E-state index in [1.54, 1.807) is 6.07 Å². The van der Waals surface area contributed by atoms with Crippen molar-refractivity contribution in [3.63, 3.8) is 0 Å². The van der Waals surface area contributed by atoms with E-state index < -0.39 is 23.8 Å². The molecule has 0 aromatic heterocycles. The lowest BCUT2D eigenvalue weighted by Crippen LogP contribution is -2.54. The molecule has 9 nitrogen and oxygen atoms in total. The number of carbonyl (C=O) groups is 4. The summed E-state index contributed by atoms with van der Waals surface area (Å²) in [6.07, 6.45) is 1.32. The molecule has 0 unspecified atom stereocenters. The third-order valence-corrected chi connectivity index (χ3v) is 4.51. The molecular weight excluding hydrogens is 428 g/mol. The molecule has 31 heavy (non-hydrogen) atoms. The van der Waals surface area contributed by atoms with E-state index in [0.29, 0.717) is 10.6 Å². The number of imide groups is 2. The SMILES string of the molecule is COC(=O)COc1ccc(C=C2C(=O)NC(=O)N(c3ccc(Cl)cc3)C2=O)cc1OC. The molecule has 1 heterocycles. The lowest BCUT2D eigenvalue weighted by molar-refractivity contribution is -0.143. The van der Waals surface area contributed by atoms with Crippen LogP contribution in [0.5, 0.6) is 11.5 Å². The largest absolute Gasteiger partial charge is 0.493 e. The van der Waals surface area contributed by atoms with E-state index in [0.717, 1.165) is 4.90 Å². The Kier molecular flexibility index (Phi) is 6.56. The molecule has 1 N–H and O–H groups in total. The van der Waals surface area contributed by atoms with Gasteiger partial charge in [0.2, 0.25) is 0 Å². The van der Waals surface area contributed by atoms with Gasteiger partial charge in [-0.25, -0.2) is 14.5 Å². The number of ether oxygens (including phenoxy) is 3. The van der Waals surface area contributed by atoms with E-state index >= 15 is 0 Å². The van der Waals surface area contributed by atoms with Crippen molar-refractivity contribution in [1.29, 1.82) is 0 Å². The van der Waals surface area contributed by atoms with Gasteiger partial charge in [-0.1, -0.05) is 17.7 Å². The number of hydrogen-bond donors (Lipinski definition) is 1. The van der Waals surface area contributed by atoms with Gasteiger partial charge >= 0.3 is 12.0 Å². The number of barbiturate groups is 1. The third-order valence-electron chi connectivity index (χ3n) is 4.26. The first kappa shape index (κ1) is 21.8. The minimum atomic E-state index is -0.862. The Balaban J connectivity index is 1.91. The first-order chi connectivity index (χ1) is 14.8. The molecule has 0 spiro atoms. The molecule has 0 saturated carbocycles. The average molecular weight is 445 g/mol. The lowest BCUT2D eigenvalue weighted by atomic mass is 10.1. The maximum Gasteiger partial charge on any atom is 0.343 e. The van der Waals surface area contributed by atoms with E-state index in [1.807, 2.05) is 0 Å². The minimum absolute atomic E-state index is 0.250. The smallest absolute Gasteiger partial charge is 0.343 e. The second-order valence-corrected chi connectivity index (χ2v) is 6.65. The highest BCUT2D eigenvalue weighted by Gasteiger charge is 2.36. The quantitative estimate of drug-likeness (QED) is 0.414. The van der Waals surface area contributed by atoms with Gasteiger partial charge in [0.1, 0.15) is 5.57 Å². The summed E-state index contributed by atoms with van der Waals surface area (Å²) in [7, 11) is 2.64. The molecule has 0 atom stereocenters. The van der Waals surface area contributed by atoms with Crippen molar-refractivity contribution >= 4 is 47.2 Å². The van der Waals surface area contributed by atoms with Gasteiger partial charge in [-0.05, 0) is 48.0 Å². The number of hydrogen-bond acceptors (Lipinski definition) is 7. The molecule has 1 aliphatic rings. The van der Waals surface area contributed by atoms with Gasteiger partial charge in [0, 0.05) is 5.02 Å². The van der Waals surface area contributed by atoms with Gasteiger partial charge in [-0.3, -0.25) is 14.9 Å². The fourth-order valence-electron chi connectivity index (χ4n) is 2.74. The third kappa shape index (κ3) is 4.84. The van der Waals surface area contributed by atoms with Gasteiger partial charge in [0.25, 0.3) is 11.8 Å². The van der Waals surface area contributed by atoms with Gasteiger partial charge in [-0.2, -0.15) is 0 Å². The Hall–Kier alpha value is -3.85. The number of esters is 1. The van der Waals surface area contributed by atoms with Gasteiger partial charge in [0.15, 0.2) is 18.1 Å². The predicted octanol–water partition coefficient (Wildman–Crippen LogP) is 2.57. The van der Waals surface area contributed by atoms with Crippen molar-refractivity contribution in [1.82, 2.24) is 5.32 Å². The zero-order chi connectivity index (χ0) is 22.5. The maximum absolute atomic E-state index is 12.9.